The summed E-state index contributed by atoms with van der Waals surface area (Å²) in [6.07, 6.45) is 3.71. The lowest BCUT2D eigenvalue weighted by Gasteiger charge is -2.38. The van der Waals surface area contributed by atoms with Gasteiger partial charge in [-0.05, 0) is 38.5 Å². The van der Waals surface area contributed by atoms with Gasteiger partial charge < -0.3 is 15.4 Å². The van der Waals surface area contributed by atoms with Gasteiger partial charge in [0, 0.05) is 19.7 Å². The SMILES string of the molecule is CCC(CC)(C(=O)N(CCOC)C(C)C1CC1)C(N)=S. The van der Waals surface area contributed by atoms with Crippen LogP contribution in [0.2, 0.25) is 0 Å². The lowest BCUT2D eigenvalue weighted by atomic mass is 9.80. The average Bonchev–Trinajstić information content (AvgIpc) is 3.25. The third kappa shape index (κ3) is 3.50. The van der Waals surface area contributed by atoms with Gasteiger partial charge in [0.05, 0.1) is 17.0 Å². The normalized spacial score (nSPS) is 16.8. The van der Waals surface area contributed by atoms with Gasteiger partial charge in [-0.2, -0.15) is 0 Å². The Morgan fingerprint density at radius 3 is 2.35 bits per heavy atom. The van der Waals surface area contributed by atoms with E-state index in [1.54, 1.807) is 7.11 Å². The number of ether oxygens (including phenoxy) is 1. The van der Waals surface area contributed by atoms with Crippen molar-refractivity contribution in [1.82, 2.24) is 4.90 Å². The van der Waals surface area contributed by atoms with Crippen LogP contribution in [0.4, 0.5) is 0 Å². The molecule has 0 aromatic carbocycles. The Hall–Kier alpha value is -0.680. The summed E-state index contributed by atoms with van der Waals surface area (Å²) in [4.78, 5) is 15.3. The third-order valence-corrected chi connectivity index (χ3v) is 5.07. The number of rotatable bonds is 9. The van der Waals surface area contributed by atoms with Crippen molar-refractivity contribution in [3.05, 3.63) is 0 Å². The quantitative estimate of drug-likeness (QED) is 0.664. The highest BCUT2D eigenvalue weighted by atomic mass is 32.1. The minimum absolute atomic E-state index is 0.0754. The third-order valence-electron chi connectivity index (χ3n) is 4.68. The van der Waals surface area contributed by atoms with Crippen LogP contribution in [0.1, 0.15) is 46.5 Å². The lowest BCUT2D eigenvalue weighted by Crippen LogP contribution is -2.54. The number of hydrogen-bond donors (Lipinski definition) is 1. The molecule has 1 amide bonds. The van der Waals surface area contributed by atoms with Crippen molar-refractivity contribution in [2.75, 3.05) is 20.3 Å². The molecule has 4 nitrogen and oxygen atoms in total. The van der Waals surface area contributed by atoms with Crippen LogP contribution in [-0.2, 0) is 9.53 Å². The molecule has 0 spiro atoms. The molecule has 0 radical (unpaired) electrons. The molecule has 1 atom stereocenters. The molecule has 116 valence electrons. The molecule has 1 saturated carbocycles. The van der Waals surface area contributed by atoms with Crippen molar-refractivity contribution in [2.45, 2.75) is 52.5 Å². The standard InChI is InChI=1S/C15H28N2O2S/c1-5-15(6-2,13(16)20)14(18)17(9-10-19-4)11(3)12-7-8-12/h11-12H,5-10H2,1-4H3,(H2,16,20). The van der Waals surface area contributed by atoms with E-state index in [1.165, 1.54) is 12.8 Å². The Morgan fingerprint density at radius 2 is 2.00 bits per heavy atom. The molecule has 0 aromatic rings. The number of nitrogens with two attached hydrogens (primary N) is 1. The fourth-order valence-corrected chi connectivity index (χ4v) is 3.17. The van der Waals surface area contributed by atoms with E-state index < -0.39 is 5.41 Å². The van der Waals surface area contributed by atoms with Crippen LogP contribution in [-0.4, -0.2) is 42.1 Å². The Bertz CT molecular complexity index is 352. The van der Waals surface area contributed by atoms with Crippen molar-refractivity contribution >= 4 is 23.1 Å². The maximum absolute atomic E-state index is 13.1. The summed E-state index contributed by atoms with van der Waals surface area (Å²) in [6, 6.07) is 0.240. The van der Waals surface area contributed by atoms with Gasteiger partial charge in [0.1, 0.15) is 0 Å². The second kappa shape index (κ2) is 7.36. The van der Waals surface area contributed by atoms with Gasteiger partial charge in [0.2, 0.25) is 5.91 Å². The monoisotopic (exact) mass is 300 g/mol. The lowest BCUT2D eigenvalue weighted by molar-refractivity contribution is -0.142. The number of amides is 1. The molecule has 0 saturated heterocycles. The van der Waals surface area contributed by atoms with Crippen molar-refractivity contribution in [1.29, 1.82) is 0 Å². The highest BCUT2D eigenvalue weighted by Crippen LogP contribution is 2.38. The molecule has 2 N–H and O–H groups in total. The first-order chi connectivity index (χ1) is 9.44. The number of methoxy groups -OCH3 is 1. The fraction of sp³-hybridized carbons (Fsp3) is 0.867. The summed E-state index contributed by atoms with van der Waals surface area (Å²) >= 11 is 5.20. The Balaban J connectivity index is 2.97. The molecule has 20 heavy (non-hydrogen) atoms. The molecule has 0 aromatic heterocycles. The molecule has 5 heteroatoms. The van der Waals surface area contributed by atoms with Gasteiger partial charge in [0.15, 0.2) is 0 Å². The van der Waals surface area contributed by atoms with Crippen molar-refractivity contribution in [2.24, 2.45) is 17.1 Å². The molecular formula is C15H28N2O2S. The Morgan fingerprint density at radius 1 is 1.45 bits per heavy atom. The van der Waals surface area contributed by atoms with Gasteiger partial charge in [-0.3, -0.25) is 4.79 Å². The minimum Gasteiger partial charge on any atom is -0.392 e. The molecule has 1 fully saturated rings. The molecule has 1 unspecified atom stereocenters. The first-order valence-corrected chi connectivity index (χ1v) is 7.95. The number of carbonyl (C=O) groups is 1. The highest BCUT2D eigenvalue weighted by molar-refractivity contribution is 7.80. The molecule has 0 aliphatic heterocycles. The van der Waals surface area contributed by atoms with Gasteiger partial charge >= 0.3 is 0 Å². The predicted molar refractivity (Wildman–Crippen MR) is 85.6 cm³/mol. The van der Waals surface area contributed by atoms with Crippen LogP contribution in [0.15, 0.2) is 0 Å². The zero-order chi connectivity index (χ0) is 15.3. The van der Waals surface area contributed by atoms with Crippen LogP contribution in [0.25, 0.3) is 0 Å². The number of carbonyl (C=O) groups excluding carboxylic acids is 1. The summed E-state index contributed by atoms with van der Waals surface area (Å²) in [7, 11) is 1.66. The van der Waals surface area contributed by atoms with Crippen molar-refractivity contribution < 1.29 is 9.53 Å². The Labute approximate surface area is 128 Å². The fourth-order valence-electron chi connectivity index (χ4n) is 2.79. The highest BCUT2D eigenvalue weighted by Gasteiger charge is 2.44. The van der Waals surface area contributed by atoms with Crippen LogP contribution in [0, 0.1) is 11.3 Å². The molecule has 1 rings (SSSR count). The maximum Gasteiger partial charge on any atom is 0.235 e. The van der Waals surface area contributed by atoms with Crippen molar-refractivity contribution in [3.8, 4) is 0 Å². The van der Waals surface area contributed by atoms with E-state index in [0.29, 0.717) is 36.9 Å². The first-order valence-electron chi connectivity index (χ1n) is 7.54. The summed E-state index contributed by atoms with van der Waals surface area (Å²) in [5.41, 5.74) is 5.20. The zero-order valence-corrected chi connectivity index (χ0v) is 14.0. The first kappa shape index (κ1) is 17.4. The summed E-state index contributed by atoms with van der Waals surface area (Å²) < 4.78 is 5.16. The predicted octanol–water partition coefficient (Wildman–Crippen LogP) is 2.35. The second-order valence-electron chi connectivity index (χ2n) is 5.72. The van der Waals surface area contributed by atoms with Gasteiger partial charge in [0.25, 0.3) is 0 Å². The van der Waals surface area contributed by atoms with Crippen LogP contribution in [0.5, 0.6) is 0 Å². The minimum atomic E-state index is -0.702. The summed E-state index contributed by atoms with van der Waals surface area (Å²) in [6.45, 7) is 7.25. The molecular weight excluding hydrogens is 272 g/mol. The van der Waals surface area contributed by atoms with Crippen molar-refractivity contribution in [3.63, 3.8) is 0 Å². The van der Waals surface area contributed by atoms with E-state index in [9.17, 15) is 4.79 Å². The average molecular weight is 300 g/mol. The number of nitrogens with zero attached hydrogens (tertiary/aromatic N) is 1. The number of thiocarbonyl (C=S) groups is 1. The van der Waals surface area contributed by atoms with Crippen LogP contribution < -0.4 is 5.73 Å². The van der Waals surface area contributed by atoms with Gasteiger partial charge in [-0.1, -0.05) is 26.1 Å². The molecule has 1 aliphatic rings. The maximum atomic E-state index is 13.1. The van der Waals surface area contributed by atoms with E-state index in [2.05, 4.69) is 6.92 Å². The zero-order valence-electron chi connectivity index (χ0n) is 13.1. The molecule has 0 bridgehead atoms. The smallest absolute Gasteiger partial charge is 0.235 e. The summed E-state index contributed by atoms with van der Waals surface area (Å²) in [5, 5.41) is 0. The van der Waals surface area contributed by atoms with Crippen LogP contribution >= 0.6 is 12.2 Å². The van der Waals surface area contributed by atoms with Gasteiger partial charge in [-0.25, -0.2) is 0 Å². The van der Waals surface area contributed by atoms with Gasteiger partial charge in [-0.15, -0.1) is 0 Å². The topological polar surface area (TPSA) is 55.6 Å². The molecule has 1 aliphatic carbocycles. The van der Waals surface area contributed by atoms with Crippen LogP contribution in [0.3, 0.4) is 0 Å². The van der Waals surface area contributed by atoms with E-state index in [-0.39, 0.29) is 11.9 Å². The molecule has 0 heterocycles. The number of hydrogen-bond acceptors (Lipinski definition) is 3. The Kier molecular flexibility index (Phi) is 6.40. The largest absolute Gasteiger partial charge is 0.392 e. The van der Waals surface area contributed by atoms with E-state index in [0.717, 1.165) is 0 Å². The van der Waals surface area contributed by atoms with E-state index in [4.69, 9.17) is 22.7 Å². The second-order valence-corrected chi connectivity index (χ2v) is 6.16. The van der Waals surface area contributed by atoms with E-state index >= 15 is 0 Å². The van der Waals surface area contributed by atoms with E-state index in [1.807, 2.05) is 18.7 Å². The summed E-state index contributed by atoms with van der Waals surface area (Å²) in [5.74, 6) is 0.694.